The maximum absolute atomic E-state index is 12.7. The van der Waals surface area contributed by atoms with Crippen molar-refractivity contribution in [1.82, 2.24) is 4.90 Å². The van der Waals surface area contributed by atoms with Crippen molar-refractivity contribution in [2.45, 2.75) is 38.7 Å². The van der Waals surface area contributed by atoms with E-state index in [2.05, 4.69) is 5.32 Å². The first-order valence-corrected chi connectivity index (χ1v) is 9.17. The van der Waals surface area contributed by atoms with Crippen molar-refractivity contribution in [2.75, 3.05) is 38.7 Å². The van der Waals surface area contributed by atoms with E-state index in [1.165, 1.54) is 7.11 Å². The number of nitrogens with one attached hydrogen (secondary N) is 1. The second kappa shape index (κ2) is 10.1. The molecule has 0 spiro atoms. The van der Waals surface area contributed by atoms with Crippen molar-refractivity contribution in [2.24, 2.45) is 5.73 Å². The molecule has 1 saturated heterocycles. The van der Waals surface area contributed by atoms with Gasteiger partial charge in [-0.2, -0.15) is 0 Å². The monoisotopic (exact) mass is 363 g/mol. The van der Waals surface area contributed by atoms with Gasteiger partial charge in [-0.15, -0.1) is 0 Å². The van der Waals surface area contributed by atoms with E-state index in [0.29, 0.717) is 23.6 Å². The molecule has 0 aliphatic carbocycles. The summed E-state index contributed by atoms with van der Waals surface area (Å²) in [7, 11) is 1.52. The second-order valence-electron chi connectivity index (χ2n) is 6.34. The number of likely N-dealkylation sites (tertiary alicyclic amines) is 1. The number of hydrogen-bond acceptors (Lipinski definition) is 5. The minimum atomic E-state index is -0.344. The molecule has 2 amide bonds. The van der Waals surface area contributed by atoms with Crippen molar-refractivity contribution >= 4 is 17.5 Å². The molecule has 0 saturated carbocycles. The lowest BCUT2D eigenvalue weighted by atomic mass is 10.1. The van der Waals surface area contributed by atoms with Gasteiger partial charge >= 0.3 is 0 Å². The zero-order chi connectivity index (χ0) is 18.9. The Hall–Kier alpha value is -2.12. The van der Waals surface area contributed by atoms with Crippen molar-refractivity contribution in [3.63, 3.8) is 0 Å². The van der Waals surface area contributed by atoms with E-state index in [0.717, 1.165) is 32.4 Å². The molecule has 2 rings (SSSR count). The molecule has 26 heavy (non-hydrogen) atoms. The number of carbonyl (C=O) groups excluding carboxylic acids is 2. The van der Waals surface area contributed by atoms with Crippen LogP contribution in [0.3, 0.4) is 0 Å². The average molecular weight is 363 g/mol. The largest absolute Gasteiger partial charge is 0.492 e. The summed E-state index contributed by atoms with van der Waals surface area (Å²) in [6.07, 6.45) is 3.02. The van der Waals surface area contributed by atoms with Crippen LogP contribution in [0.5, 0.6) is 5.75 Å². The summed E-state index contributed by atoms with van der Waals surface area (Å²) in [6.45, 7) is 4.15. The van der Waals surface area contributed by atoms with Gasteiger partial charge in [-0.25, -0.2) is 0 Å². The average Bonchev–Trinajstić information content (AvgIpc) is 2.67. The van der Waals surface area contributed by atoms with Gasteiger partial charge in [-0.1, -0.05) is 0 Å². The SMILES string of the molecule is CCOc1ccc(C(=O)N2CCCCC2)cc1NC(=O)CC(CN)OC. The Balaban J connectivity index is 2.16. The van der Waals surface area contributed by atoms with Gasteiger partial charge in [0.1, 0.15) is 5.75 Å². The third kappa shape index (κ3) is 5.44. The van der Waals surface area contributed by atoms with E-state index < -0.39 is 0 Å². The third-order valence-corrected chi connectivity index (χ3v) is 4.45. The van der Waals surface area contributed by atoms with Gasteiger partial charge in [0.15, 0.2) is 0 Å². The highest BCUT2D eigenvalue weighted by Crippen LogP contribution is 2.27. The molecule has 0 bridgehead atoms. The smallest absolute Gasteiger partial charge is 0.253 e. The van der Waals surface area contributed by atoms with Crippen molar-refractivity contribution in [1.29, 1.82) is 0 Å². The minimum Gasteiger partial charge on any atom is -0.492 e. The Labute approximate surface area is 154 Å². The number of benzene rings is 1. The lowest BCUT2D eigenvalue weighted by Crippen LogP contribution is -2.35. The van der Waals surface area contributed by atoms with Gasteiger partial charge in [-0.05, 0) is 44.4 Å². The highest BCUT2D eigenvalue weighted by molar-refractivity contribution is 5.98. The summed E-state index contributed by atoms with van der Waals surface area (Å²) < 4.78 is 10.7. The first-order valence-electron chi connectivity index (χ1n) is 9.17. The summed E-state index contributed by atoms with van der Waals surface area (Å²) in [5, 5.41) is 2.82. The fourth-order valence-corrected chi connectivity index (χ4v) is 2.99. The minimum absolute atomic E-state index is 0.0139. The molecular weight excluding hydrogens is 334 g/mol. The van der Waals surface area contributed by atoms with Crippen molar-refractivity contribution in [3.8, 4) is 5.75 Å². The summed E-state index contributed by atoms with van der Waals surface area (Å²) in [6, 6.07) is 5.16. The van der Waals surface area contributed by atoms with Crippen LogP contribution in [0.25, 0.3) is 0 Å². The number of hydrogen-bond donors (Lipinski definition) is 2. The molecule has 3 N–H and O–H groups in total. The van der Waals surface area contributed by atoms with E-state index >= 15 is 0 Å². The summed E-state index contributed by atoms with van der Waals surface area (Å²) in [4.78, 5) is 26.9. The number of methoxy groups -OCH3 is 1. The molecule has 144 valence electrons. The normalized spacial score (nSPS) is 15.4. The van der Waals surface area contributed by atoms with Crippen molar-refractivity contribution in [3.05, 3.63) is 23.8 Å². The van der Waals surface area contributed by atoms with Gasteiger partial charge in [0.2, 0.25) is 5.91 Å². The molecule has 1 aromatic carbocycles. The molecule has 1 fully saturated rings. The Morgan fingerprint density at radius 3 is 2.62 bits per heavy atom. The molecule has 1 heterocycles. The highest BCUT2D eigenvalue weighted by Gasteiger charge is 2.20. The molecule has 7 nitrogen and oxygen atoms in total. The molecule has 1 atom stereocenters. The van der Waals surface area contributed by atoms with Gasteiger partial charge in [0.25, 0.3) is 5.91 Å². The summed E-state index contributed by atoms with van der Waals surface area (Å²) in [5.74, 6) is 0.295. The fraction of sp³-hybridized carbons (Fsp3) is 0.579. The second-order valence-corrected chi connectivity index (χ2v) is 6.34. The van der Waals surface area contributed by atoms with E-state index in [4.69, 9.17) is 15.2 Å². The third-order valence-electron chi connectivity index (χ3n) is 4.45. The lowest BCUT2D eigenvalue weighted by Gasteiger charge is -2.27. The predicted octanol–water partition coefficient (Wildman–Crippen LogP) is 2.01. The van der Waals surface area contributed by atoms with E-state index in [9.17, 15) is 9.59 Å². The van der Waals surface area contributed by atoms with Gasteiger partial charge in [0, 0.05) is 32.3 Å². The van der Waals surface area contributed by atoms with Gasteiger partial charge < -0.3 is 25.4 Å². The Morgan fingerprint density at radius 1 is 1.27 bits per heavy atom. The number of rotatable bonds is 8. The number of amides is 2. The van der Waals surface area contributed by atoms with Crippen molar-refractivity contribution < 1.29 is 19.1 Å². The maximum atomic E-state index is 12.7. The standard InChI is InChI=1S/C19H29N3O4/c1-3-26-17-8-7-14(19(24)22-9-5-4-6-10-22)11-16(17)21-18(23)12-15(13-20)25-2/h7-8,11,15H,3-6,9-10,12-13,20H2,1-2H3,(H,21,23). The molecular formula is C19H29N3O4. The molecule has 1 aromatic rings. The predicted molar refractivity (Wildman–Crippen MR) is 100 cm³/mol. The Morgan fingerprint density at radius 2 is 2.00 bits per heavy atom. The first kappa shape index (κ1) is 20.2. The van der Waals surface area contributed by atoms with Crippen LogP contribution in [0.15, 0.2) is 18.2 Å². The quantitative estimate of drug-likeness (QED) is 0.737. The maximum Gasteiger partial charge on any atom is 0.253 e. The number of piperidine rings is 1. The number of nitrogens with zero attached hydrogens (tertiary/aromatic N) is 1. The lowest BCUT2D eigenvalue weighted by molar-refractivity contribution is -0.118. The van der Waals surface area contributed by atoms with Crippen LogP contribution in [0.2, 0.25) is 0 Å². The fourth-order valence-electron chi connectivity index (χ4n) is 2.99. The molecule has 0 radical (unpaired) electrons. The zero-order valence-electron chi connectivity index (χ0n) is 15.6. The van der Waals surface area contributed by atoms with Crippen LogP contribution < -0.4 is 15.8 Å². The molecule has 1 aliphatic rings. The van der Waals surface area contributed by atoms with E-state index in [1.54, 1.807) is 18.2 Å². The highest BCUT2D eigenvalue weighted by atomic mass is 16.5. The van der Waals surface area contributed by atoms with Crippen LogP contribution in [0.4, 0.5) is 5.69 Å². The van der Waals surface area contributed by atoms with Crippen LogP contribution in [-0.4, -0.2) is 56.2 Å². The number of anilines is 1. The van der Waals surface area contributed by atoms with Gasteiger partial charge in [-0.3, -0.25) is 9.59 Å². The van der Waals surface area contributed by atoms with Crippen LogP contribution in [0, 0.1) is 0 Å². The Bertz CT molecular complexity index is 611. The number of ether oxygens (including phenoxy) is 2. The summed E-state index contributed by atoms with van der Waals surface area (Å²) in [5.41, 5.74) is 6.61. The number of nitrogens with two attached hydrogens (primary N) is 1. The van der Waals surface area contributed by atoms with Gasteiger partial charge in [0.05, 0.1) is 24.8 Å². The Kier molecular flexibility index (Phi) is 7.87. The topological polar surface area (TPSA) is 93.9 Å². The van der Waals surface area contributed by atoms with Crippen LogP contribution >= 0.6 is 0 Å². The van der Waals surface area contributed by atoms with E-state index in [-0.39, 0.29) is 30.9 Å². The summed E-state index contributed by atoms with van der Waals surface area (Å²) >= 11 is 0. The molecule has 1 unspecified atom stereocenters. The zero-order valence-corrected chi connectivity index (χ0v) is 15.6. The molecule has 1 aliphatic heterocycles. The van der Waals surface area contributed by atoms with Crippen LogP contribution in [-0.2, 0) is 9.53 Å². The molecule has 7 heteroatoms. The first-order chi connectivity index (χ1) is 12.6. The molecule has 0 aromatic heterocycles. The van der Waals surface area contributed by atoms with E-state index in [1.807, 2.05) is 11.8 Å². The number of carbonyl (C=O) groups is 2. The van der Waals surface area contributed by atoms with Crippen LogP contribution in [0.1, 0.15) is 43.0 Å².